The molecule has 0 bridgehead atoms. The van der Waals surface area contributed by atoms with Crippen molar-refractivity contribution in [2.45, 2.75) is 25.5 Å². The highest BCUT2D eigenvalue weighted by atomic mass is 79.9. The average Bonchev–Trinajstić information content (AvgIpc) is 3.37. The van der Waals surface area contributed by atoms with Crippen molar-refractivity contribution in [3.63, 3.8) is 0 Å². The molecule has 1 aliphatic heterocycles. The van der Waals surface area contributed by atoms with E-state index in [0.717, 1.165) is 28.4 Å². The molecule has 27 heavy (non-hydrogen) atoms. The van der Waals surface area contributed by atoms with Crippen molar-refractivity contribution < 1.29 is 14.1 Å². The van der Waals surface area contributed by atoms with E-state index in [1.807, 2.05) is 54.6 Å². The predicted octanol–water partition coefficient (Wildman–Crippen LogP) is 4.97. The Balaban J connectivity index is 1.45. The summed E-state index contributed by atoms with van der Waals surface area (Å²) in [5, 5.41) is 4.07. The molecular formula is C20H18BrN3O3. The van der Waals surface area contributed by atoms with E-state index in [-0.39, 0.29) is 18.7 Å². The Bertz CT molecular complexity index is 912. The molecule has 1 unspecified atom stereocenters. The van der Waals surface area contributed by atoms with Crippen molar-refractivity contribution in [3.8, 4) is 11.4 Å². The molecule has 7 heteroatoms. The lowest BCUT2D eigenvalue weighted by atomic mass is 10.2. The van der Waals surface area contributed by atoms with E-state index in [4.69, 9.17) is 9.26 Å². The second kappa shape index (κ2) is 7.92. The number of benzene rings is 2. The SMILES string of the molecule is O=C(OCc1ccccc1)N1CCCC1c1nc(-c2ccc(Br)cc2)no1. The Morgan fingerprint density at radius 3 is 2.74 bits per heavy atom. The number of likely N-dealkylation sites (tertiary alicyclic amines) is 1. The minimum absolute atomic E-state index is 0.245. The van der Waals surface area contributed by atoms with Crippen LogP contribution in [-0.2, 0) is 11.3 Å². The van der Waals surface area contributed by atoms with Gasteiger partial charge in [-0.3, -0.25) is 4.90 Å². The zero-order chi connectivity index (χ0) is 18.6. The number of rotatable bonds is 4. The molecular weight excluding hydrogens is 410 g/mol. The van der Waals surface area contributed by atoms with Gasteiger partial charge in [-0.25, -0.2) is 4.79 Å². The van der Waals surface area contributed by atoms with Crippen LogP contribution in [-0.4, -0.2) is 27.7 Å². The molecule has 0 saturated carbocycles. The van der Waals surface area contributed by atoms with Gasteiger partial charge in [0.25, 0.3) is 0 Å². The molecule has 1 saturated heterocycles. The van der Waals surface area contributed by atoms with Crippen molar-refractivity contribution in [3.05, 3.63) is 70.5 Å². The Morgan fingerprint density at radius 1 is 1.19 bits per heavy atom. The van der Waals surface area contributed by atoms with E-state index in [2.05, 4.69) is 26.1 Å². The van der Waals surface area contributed by atoms with Gasteiger partial charge in [0, 0.05) is 16.6 Å². The molecule has 1 atom stereocenters. The minimum atomic E-state index is -0.357. The average molecular weight is 428 g/mol. The van der Waals surface area contributed by atoms with E-state index in [1.165, 1.54) is 0 Å². The maximum atomic E-state index is 12.5. The summed E-state index contributed by atoms with van der Waals surface area (Å²) < 4.78 is 11.9. The molecule has 1 aromatic heterocycles. The molecule has 2 heterocycles. The molecule has 1 aliphatic rings. The van der Waals surface area contributed by atoms with Crippen LogP contribution in [0.15, 0.2) is 63.6 Å². The first-order valence-corrected chi connectivity index (χ1v) is 9.57. The lowest BCUT2D eigenvalue weighted by Gasteiger charge is -2.21. The van der Waals surface area contributed by atoms with Crippen molar-refractivity contribution in [1.29, 1.82) is 0 Å². The van der Waals surface area contributed by atoms with Gasteiger partial charge in [-0.1, -0.05) is 51.4 Å². The third-order valence-electron chi connectivity index (χ3n) is 4.52. The van der Waals surface area contributed by atoms with Crippen LogP contribution in [0, 0.1) is 0 Å². The molecule has 138 valence electrons. The third-order valence-corrected chi connectivity index (χ3v) is 5.05. The van der Waals surface area contributed by atoms with E-state index in [0.29, 0.717) is 18.3 Å². The summed E-state index contributed by atoms with van der Waals surface area (Å²) in [4.78, 5) is 18.7. The second-order valence-electron chi connectivity index (χ2n) is 6.35. The van der Waals surface area contributed by atoms with Gasteiger partial charge in [0.15, 0.2) is 0 Å². The molecule has 1 fully saturated rings. The molecule has 0 aliphatic carbocycles. The highest BCUT2D eigenvalue weighted by molar-refractivity contribution is 9.10. The van der Waals surface area contributed by atoms with Crippen LogP contribution in [0.5, 0.6) is 0 Å². The fourth-order valence-electron chi connectivity index (χ4n) is 3.13. The fraction of sp³-hybridized carbons (Fsp3) is 0.250. The zero-order valence-corrected chi connectivity index (χ0v) is 16.1. The largest absolute Gasteiger partial charge is 0.445 e. The Hall–Kier alpha value is -2.67. The molecule has 2 aromatic carbocycles. The summed E-state index contributed by atoms with van der Waals surface area (Å²) in [7, 11) is 0. The van der Waals surface area contributed by atoms with Crippen LogP contribution < -0.4 is 0 Å². The zero-order valence-electron chi connectivity index (χ0n) is 14.5. The van der Waals surface area contributed by atoms with Gasteiger partial charge in [0.2, 0.25) is 11.7 Å². The first kappa shape index (κ1) is 17.7. The minimum Gasteiger partial charge on any atom is -0.445 e. The maximum absolute atomic E-state index is 12.5. The van der Waals surface area contributed by atoms with Crippen molar-refractivity contribution in [1.82, 2.24) is 15.0 Å². The molecule has 1 amide bonds. The molecule has 0 radical (unpaired) electrons. The number of amides is 1. The Kier molecular flexibility index (Phi) is 5.20. The normalized spacial score (nSPS) is 16.5. The quantitative estimate of drug-likeness (QED) is 0.587. The van der Waals surface area contributed by atoms with Crippen LogP contribution in [0.3, 0.4) is 0 Å². The highest BCUT2D eigenvalue weighted by Gasteiger charge is 2.35. The number of ether oxygens (including phenoxy) is 1. The highest BCUT2D eigenvalue weighted by Crippen LogP contribution is 2.32. The molecule has 3 aromatic rings. The van der Waals surface area contributed by atoms with E-state index in [1.54, 1.807) is 4.90 Å². The molecule has 0 N–H and O–H groups in total. The second-order valence-corrected chi connectivity index (χ2v) is 7.27. The van der Waals surface area contributed by atoms with Gasteiger partial charge in [-0.05, 0) is 42.7 Å². The number of carbonyl (C=O) groups excluding carboxylic acids is 1. The van der Waals surface area contributed by atoms with Gasteiger partial charge in [-0.2, -0.15) is 4.98 Å². The molecule has 4 rings (SSSR count). The topological polar surface area (TPSA) is 68.5 Å². The first-order valence-electron chi connectivity index (χ1n) is 8.77. The number of carbonyl (C=O) groups is 1. The first-order chi connectivity index (χ1) is 13.2. The van der Waals surface area contributed by atoms with E-state index < -0.39 is 0 Å². The summed E-state index contributed by atoms with van der Waals surface area (Å²) in [5.74, 6) is 0.962. The van der Waals surface area contributed by atoms with Crippen molar-refractivity contribution >= 4 is 22.0 Å². The van der Waals surface area contributed by atoms with Crippen LogP contribution in [0.4, 0.5) is 4.79 Å². The fourth-order valence-corrected chi connectivity index (χ4v) is 3.40. The Labute approximate surface area is 165 Å². The maximum Gasteiger partial charge on any atom is 0.410 e. The van der Waals surface area contributed by atoms with Gasteiger partial charge >= 0.3 is 6.09 Å². The summed E-state index contributed by atoms with van der Waals surface area (Å²) in [5.41, 5.74) is 1.82. The smallest absolute Gasteiger partial charge is 0.410 e. The number of aromatic nitrogens is 2. The number of hydrogen-bond donors (Lipinski definition) is 0. The van der Waals surface area contributed by atoms with Crippen LogP contribution in [0.25, 0.3) is 11.4 Å². The van der Waals surface area contributed by atoms with E-state index >= 15 is 0 Å². The predicted molar refractivity (Wildman–Crippen MR) is 103 cm³/mol. The van der Waals surface area contributed by atoms with Crippen LogP contribution >= 0.6 is 15.9 Å². The number of nitrogens with zero attached hydrogens (tertiary/aromatic N) is 3. The van der Waals surface area contributed by atoms with Crippen molar-refractivity contribution in [2.75, 3.05) is 6.54 Å². The summed E-state index contributed by atoms with van der Waals surface area (Å²) in [6.45, 7) is 0.866. The monoisotopic (exact) mass is 427 g/mol. The summed E-state index contributed by atoms with van der Waals surface area (Å²) in [6, 6.07) is 17.1. The molecule has 6 nitrogen and oxygen atoms in total. The standard InChI is InChI=1S/C20H18BrN3O3/c21-16-10-8-15(9-11-16)18-22-19(27-23-18)17-7-4-12-24(17)20(25)26-13-14-5-2-1-3-6-14/h1-3,5-6,8-11,17H,4,7,12-13H2. The van der Waals surface area contributed by atoms with Gasteiger partial charge in [0.05, 0.1) is 0 Å². The molecule has 0 spiro atoms. The number of halogens is 1. The summed E-state index contributed by atoms with van der Waals surface area (Å²) >= 11 is 3.41. The van der Waals surface area contributed by atoms with E-state index in [9.17, 15) is 4.79 Å². The lowest BCUT2D eigenvalue weighted by molar-refractivity contribution is 0.0866. The van der Waals surface area contributed by atoms with Gasteiger partial charge in [-0.15, -0.1) is 0 Å². The number of hydrogen-bond acceptors (Lipinski definition) is 5. The van der Waals surface area contributed by atoms with Crippen LogP contribution in [0.1, 0.15) is 30.3 Å². The Morgan fingerprint density at radius 2 is 1.96 bits per heavy atom. The summed E-state index contributed by atoms with van der Waals surface area (Å²) in [6.07, 6.45) is 1.30. The van der Waals surface area contributed by atoms with Gasteiger partial charge in [0.1, 0.15) is 12.6 Å². The van der Waals surface area contributed by atoms with Crippen LogP contribution in [0.2, 0.25) is 0 Å². The lowest BCUT2D eigenvalue weighted by Crippen LogP contribution is -2.31. The third kappa shape index (κ3) is 4.03. The van der Waals surface area contributed by atoms with Crippen molar-refractivity contribution in [2.24, 2.45) is 0 Å². The van der Waals surface area contributed by atoms with Gasteiger partial charge < -0.3 is 9.26 Å².